The fraction of sp³-hybridized carbons (Fsp3) is 0.600. The topological polar surface area (TPSA) is 42.7 Å². The Hall–Kier alpha value is -1.58. The second kappa shape index (κ2) is 4.83. The smallest absolute Gasteiger partial charge is 0.157 e. The summed E-state index contributed by atoms with van der Waals surface area (Å²) in [6.45, 7) is 4.39. The standard InChI is InChI=1S/C15H22N4/c1-10-5-4-6-12(7-10)17-13-8-14-11(2)18-19(3)15(14)16-9-13/h8-10,12,17H,4-7H2,1-3H3. The first kappa shape index (κ1) is 12.5. The largest absolute Gasteiger partial charge is 0.381 e. The normalized spacial score (nSPS) is 23.7. The van der Waals surface area contributed by atoms with Crippen LogP contribution in [0.2, 0.25) is 0 Å². The van der Waals surface area contributed by atoms with E-state index in [0.717, 1.165) is 28.3 Å². The zero-order valence-corrected chi connectivity index (χ0v) is 12.0. The number of fused-ring (bicyclic) bond motifs is 1. The van der Waals surface area contributed by atoms with E-state index in [-0.39, 0.29) is 0 Å². The lowest BCUT2D eigenvalue weighted by molar-refractivity contribution is 0.358. The van der Waals surface area contributed by atoms with Gasteiger partial charge in [-0.2, -0.15) is 5.10 Å². The Kier molecular flexibility index (Phi) is 3.17. The lowest BCUT2D eigenvalue weighted by Crippen LogP contribution is -2.26. The van der Waals surface area contributed by atoms with E-state index in [1.807, 2.05) is 24.9 Å². The van der Waals surface area contributed by atoms with Crippen molar-refractivity contribution < 1.29 is 0 Å². The number of hydrogen-bond donors (Lipinski definition) is 1. The number of pyridine rings is 1. The molecule has 1 saturated carbocycles. The maximum Gasteiger partial charge on any atom is 0.157 e. The van der Waals surface area contributed by atoms with Gasteiger partial charge in [-0.1, -0.05) is 19.8 Å². The number of nitrogens with zero attached hydrogens (tertiary/aromatic N) is 3. The van der Waals surface area contributed by atoms with Gasteiger partial charge in [0.15, 0.2) is 5.65 Å². The summed E-state index contributed by atoms with van der Waals surface area (Å²) >= 11 is 0. The third kappa shape index (κ3) is 2.44. The average Bonchev–Trinajstić information content (AvgIpc) is 2.65. The molecule has 0 radical (unpaired) electrons. The Morgan fingerprint density at radius 3 is 3.00 bits per heavy atom. The molecule has 2 aromatic rings. The molecule has 0 bridgehead atoms. The number of rotatable bonds is 2. The first-order chi connectivity index (χ1) is 9.13. The molecular formula is C15H22N4. The molecule has 0 aromatic carbocycles. The summed E-state index contributed by atoms with van der Waals surface area (Å²) in [7, 11) is 1.94. The van der Waals surface area contributed by atoms with E-state index in [2.05, 4.69) is 28.4 Å². The lowest BCUT2D eigenvalue weighted by Gasteiger charge is -2.28. The van der Waals surface area contributed by atoms with E-state index in [4.69, 9.17) is 0 Å². The van der Waals surface area contributed by atoms with Crippen LogP contribution in [0.1, 0.15) is 38.3 Å². The maximum atomic E-state index is 4.52. The van der Waals surface area contributed by atoms with Crippen molar-refractivity contribution in [3.8, 4) is 0 Å². The van der Waals surface area contributed by atoms with E-state index < -0.39 is 0 Å². The molecule has 19 heavy (non-hydrogen) atoms. The summed E-state index contributed by atoms with van der Waals surface area (Å²) in [5.41, 5.74) is 3.13. The number of aryl methyl sites for hydroxylation is 2. The van der Waals surface area contributed by atoms with Crippen LogP contribution in [0.3, 0.4) is 0 Å². The quantitative estimate of drug-likeness (QED) is 0.899. The van der Waals surface area contributed by atoms with E-state index in [1.165, 1.54) is 25.7 Å². The predicted octanol–water partition coefficient (Wildman–Crippen LogP) is 3.27. The van der Waals surface area contributed by atoms with Crippen molar-refractivity contribution in [1.29, 1.82) is 0 Å². The Morgan fingerprint density at radius 2 is 2.21 bits per heavy atom. The van der Waals surface area contributed by atoms with Crippen LogP contribution in [-0.4, -0.2) is 20.8 Å². The van der Waals surface area contributed by atoms with Crippen LogP contribution in [0.4, 0.5) is 5.69 Å². The molecule has 0 spiro atoms. The van der Waals surface area contributed by atoms with Gasteiger partial charge in [0.25, 0.3) is 0 Å². The minimum atomic E-state index is 0.597. The zero-order valence-electron chi connectivity index (χ0n) is 12.0. The summed E-state index contributed by atoms with van der Waals surface area (Å²) in [6, 6.07) is 2.78. The number of nitrogens with one attached hydrogen (secondary N) is 1. The van der Waals surface area contributed by atoms with Crippen LogP contribution < -0.4 is 5.32 Å². The molecule has 2 unspecified atom stereocenters. The van der Waals surface area contributed by atoms with Crippen LogP contribution in [-0.2, 0) is 7.05 Å². The highest BCUT2D eigenvalue weighted by Gasteiger charge is 2.19. The highest BCUT2D eigenvalue weighted by molar-refractivity contribution is 5.81. The van der Waals surface area contributed by atoms with Gasteiger partial charge in [0.1, 0.15) is 0 Å². The van der Waals surface area contributed by atoms with Gasteiger partial charge in [0.2, 0.25) is 0 Å². The molecule has 3 rings (SSSR count). The van der Waals surface area contributed by atoms with Crippen LogP contribution in [0.15, 0.2) is 12.3 Å². The van der Waals surface area contributed by atoms with Crippen LogP contribution >= 0.6 is 0 Å². The van der Waals surface area contributed by atoms with Crippen LogP contribution in [0.5, 0.6) is 0 Å². The van der Waals surface area contributed by atoms with Gasteiger partial charge in [-0.25, -0.2) is 4.98 Å². The maximum absolute atomic E-state index is 4.52. The Morgan fingerprint density at radius 1 is 1.37 bits per heavy atom. The third-order valence-corrected chi connectivity index (χ3v) is 4.17. The van der Waals surface area contributed by atoms with Gasteiger partial charge in [0.05, 0.1) is 17.6 Å². The summed E-state index contributed by atoms with van der Waals surface area (Å²) < 4.78 is 1.84. The summed E-state index contributed by atoms with van der Waals surface area (Å²) in [4.78, 5) is 4.52. The van der Waals surface area contributed by atoms with Crippen molar-refractivity contribution in [2.75, 3.05) is 5.32 Å². The molecule has 1 aliphatic rings. The molecule has 102 valence electrons. The first-order valence-electron chi connectivity index (χ1n) is 7.19. The van der Waals surface area contributed by atoms with E-state index in [0.29, 0.717) is 6.04 Å². The van der Waals surface area contributed by atoms with Gasteiger partial charge in [0, 0.05) is 18.5 Å². The van der Waals surface area contributed by atoms with Crippen molar-refractivity contribution in [3.05, 3.63) is 18.0 Å². The van der Waals surface area contributed by atoms with Crippen molar-refractivity contribution in [2.24, 2.45) is 13.0 Å². The second-order valence-corrected chi connectivity index (χ2v) is 5.92. The van der Waals surface area contributed by atoms with Gasteiger partial charge in [-0.3, -0.25) is 4.68 Å². The highest BCUT2D eigenvalue weighted by Crippen LogP contribution is 2.27. The molecule has 4 heteroatoms. The molecule has 1 N–H and O–H groups in total. The van der Waals surface area contributed by atoms with E-state index >= 15 is 0 Å². The zero-order chi connectivity index (χ0) is 13.4. The minimum Gasteiger partial charge on any atom is -0.381 e. The summed E-state index contributed by atoms with van der Waals surface area (Å²) in [5.74, 6) is 0.836. The van der Waals surface area contributed by atoms with Crippen LogP contribution in [0, 0.1) is 12.8 Å². The SMILES string of the molecule is Cc1nn(C)c2ncc(NC3CCCC(C)C3)cc12. The summed E-state index contributed by atoms with van der Waals surface area (Å²) in [5, 5.41) is 9.21. The fourth-order valence-electron chi connectivity index (χ4n) is 3.19. The van der Waals surface area contributed by atoms with Gasteiger partial charge in [-0.05, 0) is 31.7 Å². The van der Waals surface area contributed by atoms with Crippen molar-refractivity contribution in [2.45, 2.75) is 45.6 Å². The lowest BCUT2D eigenvalue weighted by atomic mass is 9.87. The van der Waals surface area contributed by atoms with E-state index in [9.17, 15) is 0 Å². The molecule has 2 heterocycles. The number of hydrogen-bond acceptors (Lipinski definition) is 3. The van der Waals surface area contributed by atoms with Crippen LogP contribution in [0.25, 0.3) is 11.0 Å². The number of anilines is 1. The van der Waals surface area contributed by atoms with E-state index in [1.54, 1.807) is 0 Å². The molecule has 0 aliphatic heterocycles. The monoisotopic (exact) mass is 258 g/mol. The van der Waals surface area contributed by atoms with Gasteiger partial charge >= 0.3 is 0 Å². The molecule has 0 saturated heterocycles. The van der Waals surface area contributed by atoms with Crippen molar-refractivity contribution in [1.82, 2.24) is 14.8 Å². The molecule has 0 amide bonds. The molecule has 4 nitrogen and oxygen atoms in total. The molecule has 1 aliphatic carbocycles. The highest BCUT2D eigenvalue weighted by atomic mass is 15.3. The minimum absolute atomic E-state index is 0.597. The Balaban J connectivity index is 1.83. The summed E-state index contributed by atoms with van der Waals surface area (Å²) in [6.07, 6.45) is 7.18. The Labute approximate surface area is 114 Å². The van der Waals surface area contributed by atoms with Gasteiger partial charge < -0.3 is 5.32 Å². The fourth-order valence-corrected chi connectivity index (χ4v) is 3.19. The molecule has 1 fully saturated rings. The molecule has 2 atom stereocenters. The molecule has 2 aromatic heterocycles. The second-order valence-electron chi connectivity index (χ2n) is 5.92. The third-order valence-electron chi connectivity index (χ3n) is 4.17. The Bertz CT molecular complexity index is 587. The predicted molar refractivity (Wildman–Crippen MR) is 78.3 cm³/mol. The number of aromatic nitrogens is 3. The average molecular weight is 258 g/mol. The van der Waals surface area contributed by atoms with Crippen molar-refractivity contribution in [3.63, 3.8) is 0 Å². The molecular weight excluding hydrogens is 236 g/mol. The van der Waals surface area contributed by atoms with Gasteiger partial charge in [-0.15, -0.1) is 0 Å². The van der Waals surface area contributed by atoms with Crippen molar-refractivity contribution >= 4 is 16.7 Å². The first-order valence-corrected chi connectivity index (χ1v) is 7.19.